The Morgan fingerprint density at radius 3 is 2.32 bits per heavy atom. The molecule has 1 aromatic carbocycles. The van der Waals surface area contributed by atoms with Crippen molar-refractivity contribution in [3.63, 3.8) is 0 Å². The molecular formula is C16H27BrN2. The maximum Gasteiger partial charge on any atom is 0.0230 e. The summed E-state index contributed by atoms with van der Waals surface area (Å²) in [5.41, 5.74) is 1.65. The molecular weight excluding hydrogens is 300 g/mol. The summed E-state index contributed by atoms with van der Waals surface area (Å²) in [6, 6.07) is 9.12. The number of halogens is 1. The molecule has 0 radical (unpaired) electrons. The second-order valence-electron chi connectivity index (χ2n) is 6.50. The van der Waals surface area contributed by atoms with Gasteiger partial charge in [-0.05, 0) is 30.2 Å². The number of rotatable bonds is 7. The first kappa shape index (κ1) is 16.7. The van der Waals surface area contributed by atoms with Crippen molar-refractivity contribution in [3.05, 3.63) is 34.3 Å². The molecule has 0 fully saturated rings. The van der Waals surface area contributed by atoms with E-state index in [2.05, 4.69) is 85.2 Å². The average Bonchev–Trinajstić information content (AvgIpc) is 2.29. The summed E-state index contributed by atoms with van der Waals surface area (Å²) in [4.78, 5) is 2.39. The van der Waals surface area contributed by atoms with Gasteiger partial charge in [0.05, 0.1) is 0 Å². The minimum absolute atomic E-state index is 0.286. The molecule has 1 rings (SSSR count). The molecule has 0 aliphatic rings. The third-order valence-corrected chi connectivity index (χ3v) is 3.58. The fourth-order valence-electron chi connectivity index (χ4n) is 2.22. The number of benzene rings is 1. The van der Waals surface area contributed by atoms with Crippen LogP contribution in [0.5, 0.6) is 0 Å². The fraction of sp³-hybridized carbons (Fsp3) is 0.625. The third kappa shape index (κ3) is 7.09. The Balaban J connectivity index is 2.45. The maximum absolute atomic E-state index is 3.53. The van der Waals surface area contributed by atoms with Gasteiger partial charge in [0.2, 0.25) is 0 Å². The molecule has 0 atom stereocenters. The molecule has 0 aromatic heterocycles. The summed E-state index contributed by atoms with van der Waals surface area (Å²) in [5.74, 6) is 0. The molecule has 1 N–H and O–H groups in total. The van der Waals surface area contributed by atoms with Crippen LogP contribution in [0.3, 0.4) is 0 Å². The topological polar surface area (TPSA) is 15.3 Å². The third-order valence-electron chi connectivity index (χ3n) is 3.05. The lowest BCUT2D eigenvalue weighted by Gasteiger charge is -2.31. The summed E-state index contributed by atoms with van der Waals surface area (Å²) < 4.78 is 1.14. The van der Waals surface area contributed by atoms with E-state index in [0.717, 1.165) is 24.1 Å². The van der Waals surface area contributed by atoms with Crippen molar-refractivity contribution in [3.8, 4) is 0 Å². The predicted octanol–water partition coefficient (Wildman–Crippen LogP) is 3.91. The minimum Gasteiger partial charge on any atom is -0.314 e. The van der Waals surface area contributed by atoms with Crippen LogP contribution in [0.1, 0.15) is 33.3 Å². The summed E-state index contributed by atoms with van der Waals surface area (Å²) in [6.45, 7) is 12.2. The van der Waals surface area contributed by atoms with Crippen LogP contribution in [0.25, 0.3) is 0 Å². The van der Waals surface area contributed by atoms with E-state index in [1.54, 1.807) is 0 Å². The van der Waals surface area contributed by atoms with Crippen LogP contribution >= 0.6 is 15.9 Å². The van der Waals surface area contributed by atoms with Gasteiger partial charge < -0.3 is 10.2 Å². The van der Waals surface area contributed by atoms with Gasteiger partial charge in [-0.3, -0.25) is 0 Å². The first-order valence-electron chi connectivity index (χ1n) is 6.95. The van der Waals surface area contributed by atoms with Crippen LogP contribution in [0, 0.1) is 5.41 Å². The highest BCUT2D eigenvalue weighted by Gasteiger charge is 2.20. The molecule has 0 saturated carbocycles. The Kier molecular flexibility index (Phi) is 6.51. The van der Waals surface area contributed by atoms with Crippen molar-refractivity contribution in [2.24, 2.45) is 5.41 Å². The van der Waals surface area contributed by atoms with E-state index in [4.69, 9.17) is 0 Å². The first-order valence-corrected chi connectivity index (χ1v) is 7.74. The van der Waals surface area contributed by atoms with Gasteiger partial charge in [-0.15, -0.1) is 0 Å². The van der Waals surface area contributed by atoms with Crippen molar-refractivity contribution >= 4 is 15.9 Å². The SMILES string of the molecule is CC(C)NCC(C)(C)CN(C)Cc1ccc(Br)cc1. The predicted molar refractivity (Wildman–Crippen MR) is 87.4 cm³/mol. The number of hydrogen-bond donors (Lipinski definition) is 1. The second kappa shape index (κ2) is 7.41. The summed E-state index contributed by atoms with van der Waals surface area (Å²) >= 11 is 3.47. The van der Waals surface area contributed by atoms with Crippen LogP contribution in [-0.4, -0.2) is 31.1 Å². The van der Waals surface area contributed by atoms with Crippen molar-refractivity contribution in [2.45, 2.75) is 40.3 Å². The smallest absolute Gasteiger partial charge is 0.0230 e. The highest BCUT2D eigenvalue weighted by molar-refractivity contribution is 9.10. The molecule has 1 aromatic rings. The Morgan fingerprint density at radius 2 is 1.79 bits per heavy atom. The molecule has 2 nitrogen and oxygen atoms in total. The van der Waals surface area contributed by atoms with E-state index >= 15 is 0 Å². The molecule has 108 valence electrons. The van der Waals surface area contributed by atoms with E-state index in [1.165, 1.54) is 5.56 Å². The molecule has 0 unspecified atom stereocenters. The lowest BCUT2D eigenvalue weighted by molar-refractivity contribution is 0.195. The highest BCUT2D eigenvalue weighted by Crippen LogP contribution is 2.17. The van der Waals surface area contributed by atoms with Crippen molar-refractivity contribution in [1.29, 1.82) is 0 Å². The van der Waals surface area contributed by atoms with Gasteiger partial charge in [0.15, 0.2) is 0 Å². The fourth-order valence-corrected chi connectivity index (χ4v) is 2.49. The number of nitrogens with one attached hydrogen (secondary N) is 1. The van der Waals surface area contributed by atoms with Gasteiger partial charge in [0, 0.05) is 30.1 Å². The van der Waals surface area contributed by atoms with E-state index in [-0.39, 0.29) is 5.41 Å². The van der Waals surface area contributed by atoms with Crippen LogP contribution in [0.4, 0.5) is 0 Å². The Labute approximate surface area is 126 Å². The molecule has 0 aliphatic carbocycles. The van der Waals surface area contributed by atoms with Crippen LogP contribution in [-0.2, 0) is 6.54 Å². The number of nitrogens with zero attached hydrogens (tertiary/aromatic N) is 1. The second-order valence-corrected chi connectivity index (χ2v) is 7.41. The maximum atomic E-state index is 3.53. The van der Waals surface area contributed by atoms with Gasteiger partial charge in [0.1, 0.15) is 0 Å². The average molecular weight is 327 g/mol. The van der Waals surface area contributed by atoms with Gasteiger partial charge in [0.25, 0.3) is 0 Å². The molecule has 3 heteroatoms. The molecule has 0 bridgehead atoms. The van der Waals surface area contributed by atoms with Crippen LogP contribution in [0.15, 0.2) is 28.7 Å². The Hall–Kier alpha value is -0.380. The highest BCUT2D eigenvalue weighted by atomic mass is 79.9. The van der Waals surface area contributed by atoms with E-state index in [9.17, 15) is 0 Å². The first-order chi connectivity index (χ1) is 8.78. The monoisotopic (exact) mass is 326 g/mol. The normalized spacial score (nSPS) is 12.4. The zero-order chi connectivity index (χ0) is 14.5. The van der Waals surface area contributed by atoms with Crippen LogP contribution in [0.2, 0.25) is 0 Å². The van der Waals surface area contributed by atoms with Crippen molar-refractivity contribution in [1.82, 2.24) is 10.2 Å². The summed E-state index contributed by atoms with van der Waals surface area (Å²) in [5, 5.41) is 3.53. The van der Waals surface area contributed by atoms with Crippen molar-refractivity contribution < 1.29 is 0 Å². The summed E-state index contributed by atoms with van der Waals surface area (Å²) in [7, 11) is 2.19. The van der Waals surface area contributed by atoms with Gasteiger partial charge in [-0.25, -0.2) is 0 Å². The zero-order valence-electron chi connectivity index (χ0n) is 12.8. The van der Waals surface area contributed by atoms with E-state index in [0.29, 0.717) is 6.04 Å². The number of hydrogen-bond acceptors (Lipinski definition) is 2. The van der Waals surface area contributed by atoms with Crippen molar-refractivity contribution in [2.75, 3.05) is 20.1 Å². The lowest BCUT2D eigenvalue weighted by Crippen LogP contribution is -2.40. The largest absolute Gasteiger partial charge is 0.314 e. The molecule has 0 saturated heterocycles. The summed E-state index contributed by atoms with van der Waals surface area (Å²) in [6.07, 6.45) is 0. The zero-order valence-corrected chi connectivity index (χ0v) is 14.4. The minimum atomic E-state index is 0.286. The van der Waals surface area contributed by atoms with E-state index in [1.807, 2.05) is 0 Å². The van der Waals surface area contributed by atoms with Gasteiger partial charge in [-0.1, -0.05) is 55.8 Å². The standard InChI is InChI=1S/C16H27BrN2/c1-13(2)18-11-16(3,4)12-19(5)10-14-6-8-15(17)9-7-14/h6-9,13,18H,10-12H2,1-5H3. The van der Waals surface area contributed by atoms with E-state index < -0.39 is 0 Å². The Morgan fingerprint density at radius 1 is 1.21 bits per heavy atom. The lowest BCUT2D eigenvalue weighted by atomic mass is 9.92. The quantitative estimate of drug-likeness (QED) is 0.817. The molecule has 19 heavy (non-hydrogen) atoms. The van der Waals surface area contributed by atoms with Gasteiger partial charge >= 0.3 is 0 Å². The molecule has 0 aliphatic heterocycles. The molecule has 0 heterocycles. The van der Waals surface area contributed by atoms with Crippen LogP contribution < -0.4 is 5.32 Å². The molecule has 0 amide bonds. The van der Waals surface area contributed by atoms with Gasteiger partial charge in [-0.2, -0.15) is 0 Å². The Bertz CT molecular complexity index is 371. The molecule has 0 spiro atoms.